The van der Waals surface area contributed by atoms with Crippen molar-refractivity contribution in [3.05, 3.63) is 35.9 Å². The highest BCUT2D eigenvalue weighted by Crippen LogP contribution is 2.33. The van der Waals surface area contributed by atoms with Crippen molar-refractivity contribution in [2.24, 2.45) is 10.9 Å². The SMILES string of the molecule is COCCC[C@H]1CN=C(NCl)[C@@H]1c1ccccc1. The first-order valence-corrected chi connectivity index (χ1v) is 6.69. The van der Waals surface area contributed by atoms with Gasteiger partial charge in [-0.05, 0) is 24.3 Å². The number of aliphatic imine (C=N–C) groups is 1. The zero-order valence-corrected chi connectivity index (χ0v) is 11.4. The van der Waals surface area contributed by atoms with E-state index in [0.717, 1.165) is 31.8 Å². The minimum Gasteiger partial charge on any atom is -0.385 e. The maximum Gasteiger partial charge on any atom is 0.119 e. The summed E-state index contributed by atoms with van der Waals surface area (Å²) in [5.41, 5.74) is 1.28. The van der Waals surface area contributed by atoms with Gasteiger partial charge in [0.25, 0.3) is 0 Å². The molecule has 1 aromatic rings. The molecule has 0 aliphatic carbocycles. The molecule has 2 atom stereocenters. The number of rotatable bonds is 5. The van der Waals surface area contributed by atoms with Gasteiger partial charge in [0.05, 0.1) is 0 Å². The number of amidine groups is 1. The molecule has 0 unspecified atom stereocenters. The van der Waals surface area contributed by atoms with Crippen molar-refractivity contribution >= 4 is 17.6 Å². The van der Waals surface area contributed by atoms with Gasteiger partial charge in [0.2, 0.25) is 0 Å². The second-order valence-electron chi connectivity index (χ2n) is 4.60. The zero-order valence-electron chi connectivity index (χ0n) is 10.6. The highest BCUT2D eigenvalue weighted by molar-refractivity contribution is 6.23. The third-order valence-corrected chi connectivity index (χ3v) is 3.63. The van der Waals surface area contributed by atoms with Crippen LogP contribution in [0.5, 0.6) is 0 Å². The Bertz CT molecular complexity index is 394. The number of nitrogens with one attached hydrogen (secondary N) is 1. The summed E-state index contributed by atoms with van der Waals surface area (Å²) in [5, 5.41) is 0. The summed E-state index contributed by atoms with van der Waals surface area (Å²) in [7, 11) is 1.74. The first-order chi connectivity index (χ1) is 8.86. The van der Waals surface area contributed by atoms with Gasteiger partial charge in [-0.15, -0.1) is 0 Å². The Hall–Kier alpha value is -1.06. The van der Waals surface area contributed by atoms with Crippen LogP contribution >= 0.6 is 11.8 Å². The first kappa shape index (κ1) is 13.4. The van der Waals surface area contributed by atoms with E-state index >= 15 is 0 Å². The van der Waals surface area contributed by atoms with E-state index in [4.69, 9.17) is 16.5 Å². The van der Waals surface area contributed by atoms with Crippen LogP contribution in [-0.2, 0) is 4.74 Å². The van der Waals surface area contributed by atoms with E-state index in [-0.39, 0.29) is 0 Å². The third-order valence-electron chi connectivity index (χ3n) is 3.44. The summed E-state index contributed by atoms with van der Waals surface area (Å²) >= 11 is 5.77. The predicted molar refractivity (Wildman–Crippen MR) is 75.1 cm³/mol. The maximum atomic E-state index is 5.77. The lowest BCUT2D eigenvalue weighted by Crippen LogP contribution is -2.24. The normalized spacial score (nSPS) is 22.9. The van der Waals surface area contributed by atoms with E-state index < -0.39 is 0 Å². The summed E-state index contributed by atoms with van der Waals surface area (Å²) in [4.78, 5) is 7.23. The fourth-order valence-electron chi connectivity index (χ4n) is 2.57. The molecule has 1 heterocycles. The molecule has 2 rings (SSSR count). The van der Waals surface area contributed by atoms with Crippen molar-refractivity contribution in [3.63, 3.8) is 0 Å². The van der Waals surface area contributed by atoms with Crippen molar-refractivity contribution < 1.29 is 4.74 Å². The van der Waals surface area contributed by atoms with Crippen LogP contribution in [0, 0.1) is 5.92 Å². The number of nitrogens with zero attached hydrogens (tertiary/aromatic N) is 1. The van der Waals surface area contributed by atoms with Crippen LogP contribution in [0.4, 0.5) is 0 Å². The molecule has 0 spiro atoms. The smallest absolute Gasteiger partial charge is 0.119 e. The molecule has 0 aromatic heterocycles. The number of benzene rings is 1. The van der Waals surface area contributed by atoms with Crippen molar-refractivity contribution in [3.8, 4) is 0 Å². The summed E-state index contributed by atoms with van der Waals surface area (Å²) in [6.45, 7) is 1.65. The number of hydrogen-bond donors (Lipinski definition) is 1. The van der Waals surface area contributed by atoms with Crippen LogP contribution in [0.15, 0.2) is 35.3 Å². The van der Waals surface area contributed by atoms with Gasteiger partial charge in [0.15, 0.2) is 0 Å². The monoisotopic (exact) mass is 266 g/mol. The molecule has 4 heteroatoms. The van der Waals surface area contributed by atoms with E-state index in [9.17, 15) is 0 Å². The van der Waals surface area contributed by atoms with E-state index in [2.05, 4.69) is 34.1 Å². The molecule has 0 radical (unpaired) electrons. The van der Waals surface area contributed by atoms with Gasteiger partial charge in [-0.3, -0.25) is 9.83 Å². The Morgan fingerprint density at radius 3 is 2.83 bits per heavy atom. The highest BCUT2D eigenvalue weighted by Gasteiger charge is 2.32. The molecule has 98 valence electrons. The molecular weight excluding hydrogens is 248 g/mol. The Balaban J connectivity index is 2.08. The minimum absolute atomic E-state index is 0.292. The maximum absolute atomic E-state index is 5.77. The van der Waals surface area contributed by atoms with E-state index in [0.29, 0.717) is 11.8 Å². The molecule has 1 aliphatic heterocycles. The minimum atomic E-state index is 0.292. The number of methoxy groups -OCH3 is 1. The average molecular weight is 267 g/mol. The molecule has 0 saturated carbocycles. The van der Waals surface area contributed by atoms with Crippen LogP contribution in [0.25, 0.3) is 0 Å². The lowest BCUT2D eigenvalue weighted by Gasteiger charge is -2.20. The standard InChI is InChI=1S/C14H19ClN2O/c1-18-9-5-8-12-10-16-14(17-15)13(12)11-6-3-2-4-7-11/h2-4,6-7,12-13H,5,8-10H2,1H3,(H,16,17)/t12-,13+/m0/s1. The van der Waals surface area contributed by atoms with Crippen LogP contribution in [0.1, 0.15) is 24.3 Å². The fraction of sp³-hybridized carbons (Fsp3) is 0.500. The molecule has 0 amide bonds. The largest absolute Gasteiger partial charge is 0.385 e. The summed E-state index contributed by atoms with van der Waals surface area (Å²) in [5.74, 6) is 1.70. The van der Waals surface area contributed by atoms with Crippen LogP contribution in [0.3, 0.4) is 0 Å². The van der Waals surface area contributed by atoms with Crippen molar-refractivity contribution in [2.45, 2.75) is 18.8 Å². The van der Waals surface area contributed by atoms with Crippen molar-refractivity contribution in [1.29, 1.82) is 0 Å². The van der Waals surface area contributed by atoms with Gasteiger partial charge in [-0.1, -0.05) is 30.3 Å². The topological polar surface area (TPSA) is 33.6 Å². The summed E-state index contributed by atoms with van der Waals surface area (Å²) in [6, 6.07) is 10.4. The quantitative estimate of drug-likeness (QED) is 0.657. The first-order valence-electron chi connectivity index (χ1n) is 6.31. The van der Waals surface area contributed by atoms with Crippen molar-refractivity contribution in [1.82, 2.24) is 4.84 Å². The second kappa shape index (κ2) is 6.76. The highest BCUT2D eigenvalue weighted by atomic mass is 35.5. The van der Waals surface area contributed by atoms with Gasteiger partial charge in [-0.25, -0.2) is 0 Å². The molecular formula is C14H19ClN2O. The summed E-state index contributed by atoms with van der Waals surface area (Å²) < 4.78 is 5.12. The summed E-state index contributed by atoms with van der Waals surface area (Å²) in [6.07, 6.45) is 2.18. The zero-order chi connectivity index (χ0) is 12.8. The molecule has 18 heavy (non-hydrogen) atoms. The molecule has 1 aliphatic rings. The average Bonchev–Trinajstić information content (AvgIpc) is 2.83. The third kappa shape index (κ3) is 3.03. The van der Waals surface area contributed by atoms with Gasteiger partial charge < -0.3 is 4.74 Å². The van der Waals surface area contributed by atoms with Crippen LogP contribution < -0.4 is 4.84 Å². The molecule has 0 fully saturated rings. The Morgan fingerprint density at radius 1 is 1.39 bits per heavy atom. The van der Waals surface area contributed by atoms with Gasteiger partial charge in [-0.2, -0.15) is 0 Å². The van der Waals surface area contributed by atoms with Gasteiger partial charge in [0.1, 0.15) is 5.84 Å². The number of halogens is 1. The van der Waals surface area contributed by atoms with Crippen LogP contribution in [0.2, 0.25) is 0 Å². The lowest BCUT2D eigenvalue weighted by atomic mass is 9.84. The molecule has 3 nitrogen and oxygen atoms in total. The van der Waals surface area contributed by atoms with Crippen molar-refractivity contribution in [2.75, 3.05) is 20.3 Å². The lowest BCUT2D eigenvalue weighted by molar-refractivity contribution is 0.187. The van der Waals surface area contributed by atoms with E-state index in [1.54, 1.807) is 7.11 Å². The molecule has 1 aromatic carbocycles. The van der Waals surface area contributed by atoms with Gasteiger partial charge in [0, 0.05) is 38.0 Å². The Labute approximate surface area is 113 Å². The van der Waals surface area contributed by atoms with Crippen LogP contribution in [-0.4, -0.2) is 26.1 Å². The number of hydrogen-bond acceptors (Lipinski definition) is 3. The van der Waals surface area contributed by atoms with Gasteiger partial charge >= 0.3 is 0 Å². The van der Waals surface area contributed by atoms with E-state index in [1.807, 2.05) is 6.07 Å². The van der Waals surface area contributed by atoms with E-state index in [1.165, 1.54) is 5.56 Å². The Morgan fingerprint density at radius 2 is 2.17 bits per heavy atom. The fourth-order valence-corrected chi connectivity index (χ4v) is 2.75. The molecule has 1 N–H and O–H groups in total. The number of ether oxygens (including phenoxy) is 1. The Kier molecular flexibility index (Phi) is 5.02. The molecule has 0 saturated heterocycles. The second-order valence-corrected chi connectivity index (χ2v) is 4.79. The molecule has 0 bridgehead atoms. The predicted octanol–water partition coefficient (Wildman–Crippen LogP) is 2.97.